The number of fused-ring (bicyclic) bond motifs is 1. The van der Waals surface area contributed by atoms with E-state index in [1.54, 1.807) is 23.9 Å². The normalized spacial score (nSPS) is 28.0. The Bertz CT molecular complexity index is 1150. The molecule has 0 aliphatic carbocycles. The molecule has 3 amide bonds. The van der Waals surface area contributed by atoms with Crippen LogP contribution < -0.4 is 0 Å². The maximum absolute atomic E-state index is 14.6. The van der Waals surface area contributed by atoms with Crippen molar-refractivity contribution in [1.29, 1.82) is 0 Å². The zero-order valence-electron chi connectivity index (χ0n) is 25.7. The van der Waals surface area contributed by atoms with Gasteiger partial charge in [-0.2, -0.15) is 0 Å². The van der Waals surface area contributed by atoms with Crippen molar-refractivity contribution in [1.82, 2.24) is 14.7 Å². The highest BCUT2D eigenvalue weighted by Gasteiger charge is 2.76. The summed E-state index contributed by atoms with van der Waals surface area (Å²) < 4.78 is -0.670. The van der Waals surface area contributed by atoms with E-state index in [4.69, 9.17) is 0 Å². The fourth-order valence-corrected chi connectivity index (χ4v) is 11.0. The molecule has 236 valence electrons. The SMILES string of the molecule is C=CCN(Cc1ccccc1)C(=O)[C@H]1[C@@H]2SC3(CC2Br)C(C(=O)N(CC=C)C(C)CCC)N(CCCCCCO)C(=O)[C@H]13. The lowest BCUT2D eigenvalue weighted by atomic mass is 9.70. The standard InChI is InChI=1S/C34H48BrN3O4S/c1-5-15-24(4)37(19-7-3)33(42)30-34-22-26(35)29(43-34)27(28(34)32(41)38(30)20-13-8-9-14-21-39)31(40)36(18-6-2)23-25-16-11-10-12-17-25/h6-7,10-12,16-17,24,26-30,39H,2-3,5,8-9,13-15,18-23H2,1,4H3/t24?,26?,27-,28+,29-,30?,34?/m1/s1. The predicted molar refractivity (Wildman–Crippen MR) is 178 cm³/mol. The van der Waals surface area contributed by atoms with Crippen LogP contribution in [0.15, 0.2) is 55.6 Å². The maximum atomic E-state index is 14.6. The van der Waals surface area contributed by atoms with Crippen molar-refractivity contribution >= 4 is 45.4 Å². The molecular formula is C34H48BrN3O4S. The molecule has 4 unspecified atom stereocenters. The number of hydrogen-bond acceptors (Lipinski definition) is 5. The average Bonchev–Trinajstić information content (AvgIpc) is 3.58. The molecule has 1 N–H and O–H groups in total. The highest BCUT2D eigenvalue weighted by Crippen LogP contribution is 2.68. The lowest BCUT2D eigenvalue weighted by Crippen LogP contribution is -2.57. The molecule has 43 heavy (non-hydrogen) atoms. The van der Waals surface area contributed by atoms with E-state index in [9.17, 15) is 19.5 Å². The van der Waals surface area contributed by atoms with Gasteiger partial charge < -0.3 is 19.8 Å². The van der Waals surface area contributed by atoms with Crippen LogP contribution in [0, 0.1) is 11.8 Å². The van der Waals surface area contributed by atoms with Gasteiger partial charge >= 0.3 is 0 Å². The summed E-state index contributed by atoms with van der Waals surface area (Å²) in [5.74, 6) is -1.20. The second-order valence-corrected chi connectivity index (χ2v) is 15.0. The number of carbonyl (C=O) groups is 3. The summed E-state index contributed by atoms with van der Waals surface area (Å²) in [7, 11) is 0. The number of nitrogens with zero attached hydrogens (tertiary/aromatic N) is 3. The topological polar surface area (TPSA) is 81.2 Å². The minimum atomic E-state index is -0.670. The van der Waals surface area contributed by atoms with Gasteiger partial charge in [0.2, 0.25) is 17.7 Å². The molecule has 9 heteroatoms. The van der Waals surface area contributed by atoms with Crippen LogP contribution >= 0.6 is 27.7 Å². The van der Waals surface area contributed by atoms with Gasteiger partial charge in [0.05, 0.1) is 16.6 Å². The van der Waals surface area contributed by atoms with Crippen LogP contribution in [0.1, 0.15) is 64.4 Å². The van der Waals surface area contributed by atoms with Crippen LogP contribution in [0.4, 0.5) is 0 Å². The van der Waals surface area contributed by atoms with Gasteiger partial charge in [-0.1, -0.05) is 84.6 Å². The zero-order chi connectivity index (χ0) is 31.1. The molecule has 0 aromatic heterocycles. The fourth-order valence-electron chi connectivity index (χ4n) is 7.44. The van der Waals surface area contributed by atoms with E-state index < -0.39 is 22.6 Å². The van der Waals surface area contributed by atoms with Gasteiger partial charge in [-0.25, -0.2) is 0 Å². The van der Waals surface area contributed by atoms with Crippen LogP contribution in [0.5, 0.6) is 0 Å². The largest absolute Gasteiger partial charge is 0.396 e. The molecule has 1 spiro atoms. The van der Waals surface area contributed by atoms with Gasteiger partial charge in [0.1, 0.15) is 6.04 Å². The zero-order valence-corrected chi connectivity index (χ0v) is 28.1. The minimum absolute atomic E-state index is 0.0159. The van der Waals surface area contributed by atoms with Crippen molar-refractivity contribution < 1.29 is 19.5 Å². The lowest BCUT2D eigenvalue weighted by Gasteiger charge is -2.40. The third-order valence-electron chi connectivity index (χ3n) is 9.34. The second kappa shape index (κ2) is 15.3. The molecule has 0 saturated carbocycles. The summed E-state index contributed by atoms with van der Waals surface area (Å²) >= 11 is 5.60. The number of benzene rings is 1. The molecule has 2 bridgehead atoms. The van der Waals surface area contributed by atoms with Crippen LogP contribution in [-0.4, -0.2) is 90.7 Å². The monoisotopic (exact) mass is 673 g/mol. The molecule has 7 atom stereocenters. The second-order valence-electron chi connectivity index (χ2n) is 12.2. The number of thioether (sulfide) groups is 1. The lowest BCUT2D eigenvalue weighted by molar-refractivity contribution is -0.145. The van der Waals surface area contributed by atoms with Crippen molar-refractivity contribution in [3.63, 3.8) is 0 Å². The van der Waals surface area contributed by atoms with Crippen LogP contribution in [0.25, 0.3) is 0 Å². The van der Waals surface area contributed by atoms with Crippen LogP contribution in [-0.2, 0) is 20.9 Å². The molecule has 1 aromatic carbocycles. The molecule has 3 aliphatic heterocycles. The van der Waals surface area contributed by atoms with Gasteiger partial charge in [0.25, 0.3) is 0 Å². The van der Waals surface area contributed by atoms with Crippen LogP contribution in [0.2, 0.25) is 0 Å². The first-order valence-corrected chi connectivity index (χ1v) is 17.6. The summed E-state index contributed by atoms with van der Waals surface area (Å²) in [6, 6.07) is 9.29. The molecular weight excluding hydrogens is 626 g/mol. The third-order valence-corrected chi connectivity index (χ3v) is 12.6. The van der Waals surface area contributed by atoms with Gasteiger partial charge in [-0.15, -0.1) is 24.9 Å². The molecule has 3 aliphatic rings. The average molecular weight is 675 g/mol. The van der Waals surface area contributed by atoms with Gasteiger partial charge in [-0.3, -0.25) is 14.4 Å². The first-order chi connectivity index (χ1) is 20.7. The summed E-state index contributed by atoms with van der Waals surface area (Å²) in [5, 5.41) is 9.14. The van der Waals surface area contributed by atoms with Crippen molar-refractivity contribution in [3.05, 3.63) is 61.2 Å². The fraction of sp³-hybridized carbons (Fsp3) is 0.618. The number of unbranched alkanes of at least 4 members (excludes halogenated alkanes) is 3. The van der Waals surface area contributed by atoms with Crippen molar-refractivity contribution in [2.24, 2.45) is 11.8 Å². The van der Waals surface area contributed by atoms with E-state index in [2.05, 4.69) is 42.9 Å². The number of aliphatic hydroxyl groups excluding tert-OH is 1. The highest BCUT2D eigenvalue weighted by molar-refractivity contribution is 9.09. The molecule has 0 radical (unpaired) electrons. The van der Waals surface area contributed by atoms with Crippen molar-refractivity contribution in [2.75, 3.05) is 26.2 Å². The quantitative estimate of drug-likeness (QED) is 0.136. The number of likely N-dealkylation sites (tertiary alicyclic amines) is 1. The Morgan fingerprint density at radius 1 is 1.14 bits per heavy atom. The number of carbonyl (C=O) groups excluding carboxylic acids is 3. The smallest absolute Gasteiger partial charge is 0.247 e. The molecule has 3 saturated heterocycles. The maximum Gasteiger partial charge on any atom is 0.247 e. The van der Waals surface area contributed by atoms with E-state index in [1.807, 2.05) is 45.0 Å². The van der Waals surface area contributed by atoms with E-state index in [0.29, 0.717) is 32.6 Å². The summed E-state index contributed by atoms with van der Waals surface area (Å²) in [5.41, 5.74) is 1.03. The first-order valence-electron chi connectivity index (χ1n) is 15.8. The number of rotatable bonds is 17. The number of aliphatic hydroxyl groups is 1. The summed E-state index contributed by atoms with van der Waals surface area (Å²) in [6.45, 7) is 13.9. The van der Waals surface area contributed by atoms with Gasteiger partial charge in [0.15, 0.2) is 0 Å². The molecule has 7 nitrogen and oxygen atoms in total. The van der Waals surface area contributed by atoms with Crippen LogP contribution in [0.3, 0.4) is 0 Å². The molecule has 3 heterocycles. The van der Waals surface area contributed by atoms with Gasteiger partial charge in [-0.05, 0) is 38.2 Å². The highest BCUT2D eigenvalue weighted by atomic mass is 79.9. The Morgan fingerprint density at radius 2 is 1.84 bits per heavy atom. The van der Waals surface area contributed by atoms with E-state index in [-0.39, 0.29) is 40.4 Å². The summed E-state index contributed by atoms with van der Waals surface area (Å²) in [6.07, 6.45) is 9.22. The Balaban J connectivity index is 1.71. The number of halogens is 1. The molecule has 4 rings (SSSR count). The Morgan fingerprint density at radius 3 is 2.49 bits per heavy atom. The minimum Gasteiger partial charge on any atom is -0.396 e. The van der Waals surface area contributed by atoms with E-state index >= 15 is 0 Å². The third kappa shape index (κ3) is 6.79. The molecule has 3 fully saturated rings. The summed E-state index contributed by atoms with van der Waals surface area (Å²) in [4.78, 5) is 49.2. The number of alkyl halides is 1. The predicted octanol–water partition coefficient (Wildman–Crippen LogP) is 5.42. The number of amides is 3. The van der Waals surface area contributed by atoms with Gasteiger partial charge in [0, 0.05) is 48.9 Å². The Labute approximate surface area is 270 Å². The van der Waals surface area contributed by atoms with E-state index in [0.717, 1.165) is 44.1 Å². The number of hydrogen-bond donors (Lipinski definition) is 1. The Kier molecular flexibility index (Phi) is 12.0. The van der Waals surface area contributed by atoms with E-state index in [1.165, 1.54) is 0 Å². The first kappa shape index (κ1) is 33.8. The Hall–Kier alpha value is -2.10. The molecule has 1 aromatic rings. The van der Waals surface area contributed by atoms with Crippen molar-refractivity contribution in [3.8, 4) is 0 Å². The van der Waals surface area contributed by atoms with Crippen molar-refractivity contribution in [2.45, 2.75) is 92.2 Å².